The fraction of sp³-hybridized carbons (Fsp3) is 0.200. The minimum atomic E-state index is -4.48. The zero-order chi connectivity index (χ0) is 14.6. The summed E-state index contributed by atoms with van der Waals surface area (Å²) in [6.07, 6.45) is -4.48. The van der Waals surface area contributed by atoms with E-state index in [0.717, 1.165) is 6.07 Å². The van der Waals surface area contributed by atoms with Gasteiger partial charge in [0.25, 0.3) is 0 Å². The van der Waals surface area contributed by atoms with Crippen molar-refractivity contribution in [1.82, 2.24) is 10.6 Å². The van der Waals surface area contributed by atoms with E-state index < -0.39 is 11.7 Å². The van der Waals surface area contributed by atoms with Crippen LogP contribution in [0.15, 0.2) is 22.7 Å². The van der Waals surface area contributed by atoms with E-state index in [4.69, 9.17) is 10.8 Å². The molecule has 104 valence electrons. The fourth-order valence-corrected chi connectivity index (χ4v) is 1.65. The number of halogens is 4. The van der Waals surface area contributed by atoms with E-state index in [1.165, 1.54) is 19.2 Å². The molecule has 0 aliphatic heterocycles. The number of nitrogens with one attached hydrogen (secondary N) is 5. The second-order valence-electron chi connectivity index (χ2n) is 3.44. The number of benzene rings is 1. The maximum atomic E-state index is 12.7. The first kappa shape index (κ1) is 15.3. The van der Waals surface area contributed by atoms with Gasteiger partial charge in [0.15, 0.2) is 11.9 Å². The van der Waals surface area contributed by atoms with Crippen molar-refractivity contribution in [2.45, 2.75) is 6.18 Å². The quantitative estimate of drug-likeness (QED) is 0.403. The highest BCUT2D eigenvalue weighted by Crippen LogP contribution is 2.36. The molecule has 0 atom stereocenters. The van der Waals surface area contributed by atoms with Gasteiger partial charge in [0.2, 0.25) is 0 Å². The minimum Gasteiger partial charge on any atom is -0.359 e. The first-order chi connectivity index (χ1) is 8.74. The molecule has 5 nitrogen and oxygen atoms in total. The minimum absolute atomic E-state index is 0.0759. The van der Waals surface area contributed by atoms with Crippen LogP contribution in [-0.2, 0) is 6.18 Å². The van der Waals surface area contributed by atoms with E-state index in [9.17, 15) is 13.2 Å². The molecule has 0 saturated carbocycles. The molecule has 0 amide bonds. The van der Waals surface area contributed by atoms with E-state index >= 15 is 0 Å². The van der Waals surface area contributed by atoms with Crippen molar-refractivity contribution in [2.75, 3.05) is 12.4 Å². The highest BCUT2D eigenvalue weighted by Gasteiger charge is 2.33. The molecule has 0 aliphatic rings. The molecule has 0 radical (unpaired) electrons. The van der Waals surface area contributed by atoms with Crippen molar-refractivity contribution < 1.29 is 13.2 Å². The van der Waals surface area contributed by atoms with Crippen molar-refractivity contribution in [3.8, 4) is 0 Å². The summed E-state index contributed by atoms with van der Waals surface area (Å²) in [5.41, 5.74) is -0.745. The van der Waals surface area contributed by atoms with Crippen LogP contribution in [0.2, 0.25) is 0 Å². The molecule has 9 heteroatoms. The largest absolute Gasteiger partial charge is 0.417 e. The van der Waals surface area contributed by atoms with Crippen LogP contribution in [0.5, 0.6) is 0 Å². The molecule has 0 spiro atoms. The summed E-state index contributed by atoms with van der Waals surface area (Å²) < 4.78 is 37.9. The average molecular weight is 338 g/mol. The smallest absolute Gasteiger partial charge is 0.359 e. The Bertz CT molecular complexity index is 500. The van der Waals surface area contributed by atoms with Gasteiger partial charge in [-0.05, 0) is 18.2 Å². The predicted octanol–water partition coefficient (Wildman–Crippen LogP) is 2.56. The van der Waals surface area contributed by atoms with E-state index in [1.807, 2.05) is 0 Å². The third kappa shape index (κ3) is 4.43. The standard InChI is InChI=1S/C10H11BrF3N5/c1-17-8(15)19-9(16)18-5-2-3-7(11)6(4-5)10(12,13)14/h2-4H,1H3,(H5,15,16,17,18,19). The Kier molecular flexibility index (Phi) is 4.76. The Labute approximate surface area is 115 Å². The van der Waals surface area contributed by atoms with Gasteiger partial charge in [0.05, 0.1) is 5.56 Å². The fourth-order valence-electron chi connectivity index (χ4n) is 1.18. The highest BCUT2D eigenvalue weighted by atomic mass is 79.9. The van der Waals surface area contributed by atoms with Crippen LogP contribution in [-0.4, -0.2) is 19.0 Å². The summed E-state index contributed by atoms with van der Waals surface area (Å²) in [6, 6.07) is 3.50. The molecule has 0 aromatic heterocycles. The molecule has 0 bridgehead atoms. The predicted molar refractivity (Wildman–Crippen MR) is 70.4 cm³/mol. The van der Waals surface area contributed by atoms with Crippen LogP contribution in [0.25, 0.3) is 0 Å². The number of hydrogen-bond acceptors (Lipinski definition) is 2. The lowest BCUT2D eigenvalue weighted by atomic mass is 10.2. The van der Waals surface area contributed by atoms with Crippen LogP contribution < -0.4 is 16.0 Å². The second-order valence-corrected chi connectivity index (χ2v) is 4.30. The molecule has 5 N–H and O–H groups in total. The average Bonchev–Trinajstić information content (AvgIpc) is 2.29. The molecule has 0 fully saturated rings. The summed E-state index contributed by atoms with van der Waals surface area (Å²) in [5.74, 6) is -0.458. The Morgan fingerprint density at radius 2 is 1.84 bits per heavy atom. The van der Waals surface area contributed by atoms with Crippen molar-refractivity contribution in [2.24, 2.45) is 0 Å². The maximum absolute atomic E-state index is 12.7. The van der Waals surface area contributed by atoms with Gasteiger partial charge in [0.1, 0.15) is 0 Å². The van der Waals surface area contributed by atoms with Gasteiger partial charge >= 0.3 is 6.18 Å². The van der Waals surface area contributed by atoms with Crippen LogP contribution in [0, 0.1) is 10.8 Å². The number of rotatable bonds is 1. The Hall–Kier alpha value is -1.77. The van der Waals surface area contributed by atoms with Crippen LogP contribution >= 0.6 is 15.9 Å². The summed E-state index contributed by atoms with van der Waals surface area (Å²) >= 11 is 2.82. The van der Waals surface area contributed by atoms with E-state index in [0.29, 0.717) is 0 Å². The molecule has 0 heterocycles. The van der Waals surface area contributed by atoms with E-state index in [1.54, 1.807) is 0 Å². The second kappa shape index (κ2) is 5.91. The van der Waals surface area contributed by atoms with E-state index in [-0.39, 0.29) is 22.1 Å². The zero-order valence-electron chi connectivity index (χ0n) is 9.74. The molecular weight excluding hydrogens is 327 g/mol. The molecule has 1 rings (SSSR count). The first-order valence-electron chi connectivity index (χ1n) is 4.99. The van der Waals surface area contributed by atoms with Crippen molar-refractivity contribution in [1.29, 1.82) is 10.8 Å². The van der Waals surface area contributed by atoms with E-state index in [2.05, 4.69) is 31.9 Å². The molecule has 1 aromatic rings. The van der Waals surface area contributed by atoms with Gasteiger partial charge in [-0.2, -0.15) is 13.2 Å². The third-order valence-electron chi connectivity index (χ3n) is 2.04. The molecule has 0 aliphatic carbocycles. The molecule has 0 unspecified atom stereocenters. The summed E-state index contributed by atoms with van der Waals surface area (Å²) in [7, 11) is 1.48. The molecule has 19 heavy (non-hydrogen) atoms. The summed E-state index contributed by atoms with van der Waals surface area (Å²) in [6.45, 7) is 0. The first-order valence-corrected chi connectivity index (χ1v) is 5.79. The lowest BCUT2D eigenvalue weighted by molar-refractivity contribution is -0.138. The lowest BCUT2D eigenvalue weighted by Gasteiger charge is -2.14. The highest BCUT2D eigenvalue weighted by molar-refractivity contribution is 9.10. The molecular formula is C10H11BrF3N5. The topological polar surface area (TPSA) is 83.8 Å². The Balaban J connectivity index is 2.86. The van der Waals surface area contributed by atoms with Gasteiger partial charge < -0.3 is 10.6 Å². The van der Waals surface area contributed by atoms with Gasteiger partial charge in [0, 0.05) is 17.2 Å². The van der Waals surface area contributed by atoms with Crippen LogP contribution in [0.4, 0.5) is 18.9 Å². The van der Waals surface area contributed by atoms with Crippen LogP contribution in [0.3, 0.4) is 0 Å². The van der Waals surface area contributed by atoms with Gasteiger partial charge in [-0.25, -0.2) is 0 Å². The summed E-state index contributed by atoms with van der Waals surface area (Å²) in [4.78, 5) is 0. The van der Waals surface area contributed by atoms with Crippen LogP contribution in [0.1, 0.15) is 5.56 Å². The Morgan fingerprint density at radius 3 is 2.37 bits per heavy atom. The normalized spacial score (nSPS) is 10.8. The van der Waals surface area contributed by atoms with Crippen molar-refractivity contribution in [3.05, 3.63) is 28.2 Å². The van der Waals surface area contributed by atoms with Crippen molar-refractivity contribution >= 4 is 33.5 Å². The number of anilines is 1. The SMILES string of the molecule is CNC(=N)NC(=N)Nc1ccc(Br)c(C(F)(F)F)c1. The Morgan fingerprint density at radius 1 is 1.21 bits per heavy atom. The third-order valence-corrected chi connectivity index (χ3v) is 2.73. The van der Waals surface area contributed by atoms with Gasteiger partial charge in [-0.1, -0.05) is 15.9 Å². The summed E-state index contributed by atoms with van der Waals surface area (Å²) in [5, 5.41) is 21.8. The maximum Gasteiger partial charge on any atom is 0.417 e. The molecule has 0 saturated heterocycles. The van der Waals surface area contributed by atoms with Gasteiger partial charge in [-0.3, -0.25) is 16.1 Å². The molecule has 1 aromatic carbocycles. The van der Waals surface area contributed by atoms with Crippen molar-refractivity contribution in [3.63, 3.8) is 0 Å². The monoisotopic (exact) mass is 337 g/mol. The number of guanidine groups is 2. The lowest BCUT2D eigenvalue weighted by Crippen LogP contribution is -2.41. The van der Waals surface area contributed by atoms with Gasteiger partial charge in [-0.15, -0.1) is 0 Å². The zero-order valence-corrected chi connectivity index (χ0v) is 11.3. The number of hydrogen-bond donors (Lipinski definition) is 5. The number of alkyl halides is 3.